The fourth-order valence-electron chi connectivity index (χ4n) is 4.61. The zero-order chi connectivity index (χ0) is 16.3. The lowest BCUT2D eigenvalue weighted by atomic mass is 9.71. The van der Waals surface area contributed by atoms with E-state index in [4.69, 9.17) is 5.73 Å². The van der Waals surface area contributed by atoms with Crippen molar-refractivity contribution in [2.24, 2.45) is 11.1 Å². The van der Waals surface area contributed by atoms with Gasteiger partial charge in [-0.3, -0.25) is 4.79 Å². The Hall–Kier alpha value is -1.06. The number of halogens is 1. The third-order valence-corrected chi connectivity index (χ3v) is 6.18. The van der Waals surface area contributed by atoms with Gasteiger partial charge in [-0.1, -0.05) is 49.6 Å². The van der Waals surface area contributed by atoms with Crippen LogP contribution in [0.3, 0.4) is 0 Å². The Balaban J connectivity index is 0.00000208. The molecule has 24 heavy (non-hydrogen) atoms. The van der Waals surface area contributed by atoms with Gasteiger partial charge >= 0.3 is 0 Å². The topological polar surface area (TPSA) is 46.3 Å². The highest BCUT2D eigenvalue weighted by Crippen LogP contribution is 2.40. The second-order valence-electron chi connectivity index (χ2n) is 7.58. The van der Waals surface area contributed by atoms with E-state index >= 15 is 0 Å². The number of rotatable bonds is 4. The molecule has 2 atom stereocenters. The second kappa shape index (κ2) is 8.35. The molecule has 4 heteroatoms. The van der Waals surface area contributed by atoms with Crippen molar-refractivity contribution in [3.8, 4) is 0 Å². The summed E-state index contributed by atoms with van der Waals surface area (Å²) < 4.78 is 0. The number of carbonyl (C=O) groups excluding carboxylic acids is 1. The minimum atomic E-state index is 0. The molecule has 1 aliphatic carbocycles. The summed E-state index contributed by atoms with van der Waals surface area (Å²) in [6.45, 7) is 3.75. The van der Waals surface area contributed by atoms with Crippen LogP contribution < -0.4 is 5.73 Å². The highest BCUT2D eigenvalue weighted by molar-refractivity contribution is 5.85. The largest absolute Gasteiger partial charge is 0.339 e. The molecule has 1 amide bonds. The van der Waals surface area contributed by atoms with Crippen LogP contribution in [-0.2, 0) is 4.79 Å². The molecule has 2 N–H and O–H groups in total. The summed E-state index contributed by atoms with van der Waals surface area (Å²) in [5, 5.41) is 0. The van der Waals surface area contributed by atoms with Gasteiger partial charge in [-0.05, 0) is 43.7 Å². The van der Waals surface area contributed by atoms with Crippen LogP contribution in [0.25, 0.3) is 0 Å². The minimum absolute atomic E-state index is 0. The van der Waals surface area contributed by atoms with E-state index < -0.39 is 0 Å². The zero-order valence-corrected chi connectivity index (χ0v) is 15.6. The lowest BCUT2D eigenvalue weighted by molar-refractivity contribution is -0.134. The maximum Gasteiger partial charge on any atom is 0.223 e. The van der Waals surface area contributed by atoms with Crippen molar-refractivity contribution in [2.45, 2.75) is 63.8 Å². The van der Waals surface area contributed by atoms with Crippen molar-refractivity contribution in [1.82, 2.24) is 4.90 Å². The normalized spacial score (nSPS) is 26.0. The van der Waals surface area contributed by atoms with E-state index in [0.29, 0.717) is 30.8 Å². The van der Waals surface area contributed by atoms with Crippen LogP contribution in [0.1, 0.15) is 63.4 Å². The molecule has 0 spiro atoms. The first-order valence-corrected chi connectivity index (χ1v) is 9.20. The Bertz CT molecular complexity index is 528. The van der Waals surface area contributed by atoms with Gasteiger partial charge in [0.15, 0.2) is 0 Å². The van der Waals surface area contributed by atoms with E-state index in [0.717, 1.165) is 25.8 Å². The Morgan fingerprint density at radius 1 is 1.21 bits per heavy atom. The number of hydrogen-bond acceptors (Lipinski definition) is 2. The molecule has 2 fully saturated rings. The van der Waals surface area contributed by atoms with E-state index in [2.05, 4.69) is 42.2 Å². The van der Waals surface area contributed by atoms with Gasteiger partial charge in [0.2, 0.25) is 5.91 Å². The average molecular weight is 351 g/mol. The summed E-state index contributed by atoms with van der Waals surface area (Å²) in [5.74, 6) is 0.795. The summed E-state index contributed by atoms with van der Waals surface area (Å²) in [7, 11) is 0. The van der Waals surface area contributed by atoms with Gasteiger partial charge in [-0.15, -0.1) is 12.4 Å². The molecular weight excluding hydrogens is 320 g/mol. The average Bonchev–Trinajstić information content (AvgIpc) is 2.98. The van der Waals surface area contributed by atoms with Crippen LogP contribution in [0.5, 0.6) is 0 Å². The fourth-order valence-corrected chi connectivity index (χ4v) is 4.61. The molecule has 0 radical (unpaired) electrons. The Morgan fingerprint density at radius 2 is 1.88 bits per heavy atom. The second-order valence-corrected chi connectivity index (χ2v) is 7.58. The number of nitrogens with zero attached hydrogens (tertiary/aromatic N) is 1. The first kappa shape index (κ1) is 19.3. The van der Waals surface area contributed by atoms with Gasteiger partial charge < -0.3 is 10.6 Å². The molecule has 0 bridgehead atoms. The SMILES string of the molecule is CC1C(c2ccccc2)CCN1C(=O)CC1(CN)CCCCC1.Cl. The third-order valence-electron chi connectivity index (χ3n) is 6.18. The van der Waals surface area contributed by atoms with Gasteiger partial charge in [-0.2, -0.15) is 0 Å². The molecule has 1 saturated heterocycles. The van der Waals surface area contributed by atoms with E-state index in [-0.39, 0.29) is 17.8 Å². The summed E-state index contributed by atoms with van der Waals surface area (Å²) in [5.41, 5.74) is 7.50. The van der Waals surface area contributed by atoms with Crippen molar-refractivity contribution < 1.29 is 4.79 Å². The third kappa shape index (κ3) is 3.94. The number of carbonyl (C=O) groups is 1. The summed E-state index contributed by atoms with van der Waals surface area (Å²) in [4.78, 5) is 15.1. The number of likely N-dealkylation sites (tertiary alicyclic amines) is 1. The summed E-state index contributed by atoms with van der Waals surface area (Å²) in [6, 6.07) is 10.9. The van der Waals surface area contributed by atoms with E-state index in [1.807, 2.05) is 0 Å². The van der Waals surface area contributed by atoms with Gasteiger partial charge in [0.1, 0.15) is 0 Å². The lowest BCUT2D eigenvalue weighted by Gasteiger charge is -2.37. The van der Waals surface area contributed by atoms with Gasteiger partial charge in [-0.25, -0.2) is 0 Å². The molecule has 134 valence electrons. The Morgan fingerprint density at radius 3 is 2.50 bits per heavy atom. The standard InChI is InChI=1S/C20H30N2O.ClH/c1-16-18(17-8-4-2-5-9-17)10-13-22(16)19(23)14-20(15-21)11-6-3-7-12-20;/h2,4-5,8-9,16,18H,3,6-7,10-15,21H2,1H3;1H. The maximum atomic E-state index is 12.9. The van der Waals surface area contributed by atoms with Crippen molar-refractivity contribution in [3.63, 3.8) is 0 Å². The maximum absolute atomic E-state index is 12.9. The van der Waals surface area contributed by atoms with Crippen LogP contribution in [0.15, 0.2) is 30.3 Å². The molecule has 3 nitrogen and oxygen atoms in total. The molecular formula is C20H31ClN2O. The Labute approximate surface area is 152 Å². The number of nitrogens with two attached hydrogens (primary N) is 1. The van der Waals surface area contributed by atoms with E-state index in [1.54, 1.807) is 0 Å². The van der Waals surface area contributed by atoms with Crippen LogP contribution in [-0.4, -0.2) is 29.9 Å². The minimum Gasteiger partial charge on any atom is -0.339 e. The van der Waals surface area contributed by atoms with Crippen molar-refractivity contribution >= 4 is 18.3 Å². The molecule has 1 saturated carbocycles. The number of amides is 1. The summed E-state index contributed by atoms with van der Waals surface area (Å²) >= 11 is 0. The van der Waals surface area contributed by atoms with Crippen molar-refractivity contribution in [3.05, 3.63) is 35.9 Å². The number of hydrogen-bond donors (Lipinski definition) is 1. The van der Waals surface area contributed by atoms with E-state index in [9.17, 15) is 4.79 Å². The van der Waals surface area contributed by atoms with Gasteiger partial charge in [0.25, 0.3) is 0 Å². The van der Waals surface area contributed by atoms with Gasteiger partial charge in [0.05, 0.1) is 0 Å². The molecule has 1 heterocycles. The predicted octanol–water partition coefficient (Wildman–Crippen LogP) is 4.11. The lowest BCUT2D eigenvalue weighted by Crippen LogP contribution is -2.42. The Kier molecular flexibility index (Phi) is 6.70. The smallest absolute Gasteiger partial charge is 0.223 e. The highest BCUT2D eigenvalue weighted by Gasteiger charge is 2.39. The van der Waals surface area contributed by atoms with Crippen molar-refractivity contribution in [1.29, 1.82) is 0 Å². The monoisotopic (exact) mass is 350 g/mol. The van der Waals surface area contributed by atoms with E-state index in [1.165, 1.54) is 24.8 Å². The first-order valence-electron chi connectivity index (χ1n) is 9.20. The highest BCUT2D eigenvalue weighted by atomic mass is 35.5. The summed E-state index contributed by atoms with van der Waals surface area (Å²) in [6.07, 6.45) is 7.73. The first-order chi connectivity index (χ1) is 11.2. The number of benzene rings is 1. The molecule has 2 unspecified atom stereocenters. The fraction of sp³-hybridized carbons (Fsp3) is 0.650. The molecule has 1 aromatic carbocycles. The predicted molar refractivity (Wildman–Crippen MR) is 101 cm³/mol. The molecule has 1 aliphatic heterocycles. The zero-order valence-electron chi connectivity index (χ0n) is 14.7. The van der Waals surface area contributed by atoms with Crippen LogP contribution >= 0.6 is 12.4 Å². The molecule has 0 aromatic heterocycles. The van der Waals surface area contributed by atoms with Crippen LogP contribution in [0.4, 0.5) is 0 Å². The quantitative estimate of drug-likeness (QED) is 0.888. The molecule has 2 aliphatic rings. The van der Waals surface area contributed by atoms with Crippen LogP contribution in [0.2, 0.25) is 0 Å². The molecule has 3 rings (SSSR count). The molecule has 1 aromatic rings. The van der Waals surface area contributed by atoms with Crippen molar-refractivity contribution in [2.75, 3.05) is 13.1 Å². The van der Waals surface area contributed by atoms with Gasteiger partial charge in [0, 0.05) is 24.9 Å². The van der Waals surface area contributed by atoms with Crippen LogP contribution in [0, 0.1) is 5.41 Å².